The number of ether oxygens (including phenoxy) is 2. The molecule has 0 unspecified atom stereocenters. The van der Waals surface area contributed by atoms with Crippen molar-refractivity contribution in [2.75, 3.05) is 6.61 Å². The highest BCUT2D eigenvalue weighted by molar-refractivity contribution is 6.02. The summed E-state index contributed by atoms with van der Waals surface area (Å²) in [4.78, 5) is 24.9. The number of nitrogens with two attached hydrogens (primary N) is 1. The number of nitrogens with one attached hydrogen (secondary N) is 1. The first-order valence-corrected chi connectivity index (χ1v) is 12.1. The molecule has 1 spiro atoms. The predicted octanol–water partition coefficient (Wildman–Crippen LogP) is 3.45. The molecule has 4 aromatic heterocycles. The molecule has 9 nitrogen and oxygen atoms in total. The standard InChI is InChI=1S/C26H25F2N5O4/c27-21(28)14-36-16-4-5-19-18(6-8-32(19)13-16)24(35)30-15-9-26(10-15)11-17(12-26)37-25-22(23(29)34)20-3-1-2-7-33(20)31-25/h1-8,13,15,17,21H,9-12,14H2,(H2,29,34)(H,30,35). The number of carbonyl (C=O) groups excluding carboxylic acids is 2. The van der Waals surface area contributed by atoms with E-state index in [9.17, 15) is 18.4 Å². The minimum atomic E-state index is -2.55. The number of nitrogens with zero attached hydrogens (tertiary/aromatic N) is 3. The molecular weight excluding hydrogens is 484 g/mol. The molecule has 0 atom stereocenters. The van der Waals surface area contributed by atoms with Crippen molar-refractivity contribution in [3.63, 3.8) is 0 Å². The van der Waals surface area contributed by atoms with E-state index in [0.29, 0.717) is 22.3 Å². The van der Waals surface area contributed by atoms with E-state index in [2.05, 4.69) is 10.4 Å². The Labute approximate surface area is 210 Å². The van der Waals surface area contributed by atoms with Crippen LogP contribution in [-0.2, 0) is 0 Å². The number of amides is 2. The number of hydrogen-bond acceptors (Lipinski definition) is 5. The molecule has 192 valence electrons. The van der Waals surface area contributed by atoms with Gasteiger partial charge in [0.05, 0.1) is 22.8 Å². The van der Waals surface area contributed by atoms with Crippen LogP contribution in [0.4, 0.5) is 8.78 Å². The van der Waals surface area contributed by atoms with Crippen LogP contribution in [0.25, 0.3) is 11.0 Å². The molecular formula is C26H25F2N5O4. The summed E-state index contributed by atoms with van der Waals surface area (Å²) >= 11 is 0. The first kappa shape index (κ1) is 23.3. The van der Waals surface area contributed by atoms with E-state index >= 15 is 0 Å². The van der Waals surface area contributed by atoms with E-state index in [1.54, 1.807) is 51.8 Å². The summed E-state index contributed by atoms with van der Waals surface area (Å²) in [6.45, 7) is -0.680. The van der Waals surface area contributed by atoms with Gasteiger partial charge in [-0.3, -0.25) is 9.59 Å². The van der Waals surface area contributed by atoms with E-state index in [0.717, 1.165) is 25.7 Å². The second-order valence-electron chi connectivity index (χ2n) is 9.89. The maximum atomic E-state index is 12.9. The lowest BCUT2D eigenvalue weighted by atomic mass is 9.53. The van der Waals surface area contributed by atoms with Gasteiger partial charge in [-0.1, -0.05) is 6.07 Å². The molecule has 0 radical (unpaired) electrons. The Morgan fingerprint density at radius 2 is 1.92 bits per heavy atom. The van der Waals surface area contributed by atoms with Gasteiger partial charge in [-0.2, -0.15) is 0 Å². The van der Waals surface area contributed by atoms with Gasteiger partial charge >= 0.3 is 0 Å². The second kappa shape index (κ2) is 8.75. The molecule has 0 aliphatic heterocycles. The summed E-state index contributed by atoms with van der Waals surface area (Å²) in [5.74, 6) is -0.186. The van der Waals surface area contributed by atoms with Crippen molar-refractivity contribution in [1.82, 2.24) is 19.3 Å². The van der Waals surface area contributed by atoms with Gasteiger partial charge in [0.25, 0.3) is 18.2 Å². The van der Waals surface area contributed by atoms with E-state index in [-0.39, 0.29) is 34.9 Å². The summed E-state index contributed by atoms with van der Waals surface area (Å²) in [6, 6.07) is 10.4. The van der Waals surface area contributed by atoms with Crippen LogP contribution in [0.2, 0.25) is 0 Å². The molecule has 2 fully saturated rings. The molecule has 2 aliphatic carbocycles. The normalized spacial score (nSPS) is 22.7. The molecule has 0 saturated heterocycles. The van der Waals surface area contributed by atoms with Crippen LogP contribution in [0.15, 0.2) is 55.0 Å². The molecule has 2 amide bonds. The molecule has 2 aliphatic rings. The Morgan fingerprint density at radius 3 is 2.68 bits per heavy atom. The number of rotatable bonds is 8. The van der Waals surface area contributed by atoms with E-state index in [1.807, 2.05) is 12.1 Å². The van der Waals surface area contributed by atoms with Crippen LogP contribution in [0.5, 0.6) is 11.6 Å². The van der Waals surface area contributed by atoms with Gasteiger partial charge in [-0.15, -0.1) is 5.10 Å². The summed E-state index contributed by atoms with van der Waals surface area (Å²) in [7, 11) is 0. The molecule has 0 bridgehead atoms. The topological polar surface area (TPSA) is 112 Å². The molecule has 11 heteroatoms. The number of alkyl halides is 2. The van der Waals surface area contributed by atoms with Crippen LogP contribution in [0, 0.1) is 5.41 Å². The monoisotopic (exact) mass is 509 g/mol. The molecule has 2 saturated carbocycles. The lowest BCUT2D eigenvalue weighted by Gasteiger charge is -2.57. The summed E-state index contributed by atoms with van der Waals surface area (Å²) in [5, 5.41) is 7.47. The van der Waals surface area contributed by atoms with Crippen molar-refractivity contribution >= 4 is 22.8 Å². The lowest BCUT2D eigenvalue weighted by Crippen LogP contribution is -2.58. The average molecular weight is 510 g/mol. The van der Waals surface area contributed by atoms with Crippen LogP contribution >= 0.6 is 0 Å². The van der Waals surface area contributed by atoms with Crippen molar-refractivity contribution in [1.29, 1.82) is 0 Å². The van der Waals surface area contributed by atoms with Crippen LogP contribution < -0.4 is 20.5 Å². The number of halogens is 2. The largest absolute Gasteiger partial charge is 0.486 e. The van der Waals surface area contributed by atoms with Gasteiger partial charge < -0.3 is 24.9 Å². The number of fused-ring (bicyclic) bond motifs is 2. The van der Waals surface area contributed by atoms with Crippen molar-refractivity contribution in [2.45, 2.75) is 44.3 Å². The van der Waals surface area contributed by atoms with Gasteiger partial charge in [-0.25, -0.2) is 13.3 Å². The highest BCUT2D eigenvalue weighted by atomic mass is 19.3. The zero-order chi connectivity index (χ0) is 25.7. The number of pyridine rings is 2. The maximum absolute atomic E-state index is 12.9. The van der Waals surface area contributed by atoms with Crippen molar-refractivity contribution in [2.24, 2.45) is 11.1 Å². The maximum Gasteiger partial charge on any atom is 0.272 e. The minimum Gasteiger partial charge on any atom is -0.486 e. The van der Waals surface area contributed by atoms with Crippen molar-refractivity contribution < 1.29 is 27.8 Å². The number of carbonyl (C=O) groups is 2. The van der Waals surface area contributed by atoms with Gasteiger partial charge in [0.2, 0.25) is 5.88 Å². The Morgan fingerprint density at radius 1 is 1.11 bits per heavy atom. The molecule has 37 heavy (non-hydrogen) atoms. The van der Waals surface area contributed by atoms with E-state index < -0.39 is 18.9 Å². The van der Waals surface area contributed by atoms with Crippen molar-refractivity contribution in [3.05, 3.63) is 66.1 Å². The van der Waals surface area contributed by atoms with Gasteiger partial charge in [0.1, 0.15) is 24.0 Å². The lowest BCUT2D eigenvalue weighted by molar-refractivity contribution is -0.0848. The van der Waals surface area contributed by atoms with Gasteiger partial charge in [0, 0.05) is 18.4 Å². The Hall–Kier alpha value is -4.15. The van der Waals surface area contributed by atoms with E-state index in [1.165, 1.54) is 0 Å². The fourth-order valence-electron chi connectivity index (χ4n) is 5.65. The SMILES string of the molecule is NC(=O)c1c(OC2CC3(CC(NC(=O)c4ccn5cc(OCC(F)F)ccc45)C3)C2)nn2ccccc12. The summed E-state index contributed by atoms with van der Waals surface area (Å²) in [5.41, 5.74) is 7.78. The quantitative estimate of drug-likeness (QED) is 0.378. The second-order valence-corrected chi connectivity index (χ2v) is 9.89. The molecule has 0 aromatic carbocycles. The number of aromatic nitrogens is 3. The minimum absolute atomic E-state index is 0.0587. The van der Waals surface area contributed by atoms with Crippen LogP contribution in [0.3, 0.4) is 0 Å². The highest BCUT2D eigenvalue weighted by Crippen LogP contribution is 2.57. The average Bonchev–Trinajstić information content (AvgIpc) is 3.40. The molecule has 4 heterocycles. The third kappa shape index (κ3) is 4.24. The Kier molecular flexibility index (Phi) is 5.50. The van der Waals surface area contributed by atoms with Gasteiger partial charge in [0.15, 0.2) is 0 Å². The van der Waals surface area contributed by atoms with Crippen LogP contribution in [0.1, 0.15) is 46.4 Å². The molecule has 6 rings (SSSR count). The summed E-state index contributed by atoms with van der Waals surface area (Å²) in [6.07, 6.45) is 5.76. The zero-order valence-electron chi connectivity index (χ0n) is 19.8. The third-order valence-electron chi connectivity index (χ3n) is 7.30. The fraction of sp³-hybridized carbons (Fsp3) is 0.346. The molecule has 3 N–H and O–H groups in total. The van der Waals surface area contributed by atoms with E-state index in [4.69, 9.17) is 15.2 Å². The van der Waals surface area contributed by atoms with Crippen LogP contribution in [-0.4, -0.2) is 51.0 Å². The number of hydrogen-bond donors (Lipinski definition) is 2. The number of primary amides is 1. The third-order valence-corrected chi connectivity index (χ3v) is 7.30. The Bertz CT molecular complexity index is 1500. The zero-order valence-corrected chi connectivity index (χ0v) is 19.8. The highest BCUT2D eigenvalue weighted by Gasteiger charge is 2.54. The molecule has 4 aromatic rings. The summed E-state index contributed by atoms with van der Waals surface area (Å²) < 4.78 is 39.1. The fourth-order valence-corrected chi connectivity index (χ4v) is 5.65. The van der Waals surface area contributed by atoms with Crippen molar-refractivity contribution in [3.8, 4) is 11.6 Å². The first-order valence-electron chi connectivity index (χ1n) is 12.1. The smallest absolute Gasteiger partial charge is 0.272 e. The predicted molar refractivity (Wildman–Crippen MR) is 129 cm³/mol. The first-order chi connectivity index (χ1) is 17.8. The Balaban J connectivity index is 1.03. The van der Waals surface area contributed by atoms with Gasteiger partial charge in [-0.05, 0) is 61.4 Å².